The molecule has 0 unspecified atom stereocenters. The van der Waals surface area contributed by atoms with Gasteiger partial charge in [0.05, 0.1) is 6.54 Å². The molecule has 3 amide bonds. The summed E-state index contributed by atoms with van der Waals surface area (Å²) < 4.78 is 1.92. The van der Waals surface area contributed by atoms with E-state index in [1.165, 1.54) is 0 Å². The van der Waals surface area contributed by atoms with Gasteiger partial charge < -0.3 is 9.88 Å². The molecule has 1 saturated heterocycles. The minimum Gasteiger partial charge on any atom is -0.351 e. The molecule has 0 aromatic carbocycles. The normalized spacial score (nSPS) is 20.9. The summed E-state index contributed by atoms with van der Waals surface area (Å²) in [5.41, 5.74) is 1.46. The number of aryl methyl sites for hydroxylation is 1. The molecule has 1 atom stereocenters. The number of Topliss-reactive ketones (excluding diaryl/α,β-unsaturated/α-hetero) is 1. The molecule has 1 aliphatic rings. The van der Waals surface area contributed by atoms with Crippen LogP contribution in [0.2, 0.25) is 0 Å². The Morgan fingerprint density at radius 1 is 1.29 bits per heavy atom. The third kappa shape index (κ3) is 3.23. The molecule has 6 nitrogen and oxygen atoms in total. The van der Waals surface area contributed by atoms with Crippen molar-refractivity contribution in [3.8, 4) is 0 Å². The van der Waals surface area contributed by atoms with Crippen molar-refractivity contribution < 1.29 is 14.4 Å². The Balaban J connectivity index is 2.15. The summed E-state index contributed by atoms with van der Waals surface area (Å²) in [7, 11) is 1.89. The molecule has 2 rings (SSSR count). The predicted molar refractivity (Wildman–Crippen MR) is 91.9 cm³/mol. The van der Waals surface area contributed by atoms with Gasteiger partial charge in [0, 0.05) is 24.0 Å². The number of aromatic nitrogens is 1. The number of amides is 3. The van der Waals surface area contributed by atoms with Crippen molar-refractivity contribution >= 4 is 17.7 Å². The van der Waals surface area contributed by atoms with Crippen molar-refractivity contribution in [1.29, 1.82) is 0 Å². The minimum atomic E-state index is -0.913. The Morgan fingerprint density at radius 2 is 1.92 bits per heavy atom. The zero-order valence-electron chi connectivity index (χ0n) is 15.4. The lowest BCUT2D eigenvalue weighted by Crippen LogP contribution is -2.44. The van der Waals surface area contributed by atoms with Crippen LogP contribution in [0.3, 0.4) is 0 Å². The van der Waals surface area contributed by atoms with E-state index in [1.54, 1.807) is 13.0 Å². The van der Waals surface area contributed by atoms with Crippen LogP contribution in [0, 0.1) is 19.8 Å². The average molecular weight is 333 g/mol. The van der Waals surface area contributed by atoms with Crippen LogP contribution in [0.15, 0.2) is 6.07 Å². The van der Waals surface area contributed by atoms with E-state index in [2.05, 4.69) is 19.2 Å². The van der Waals surface area contributed by atoms with Crippen molar-refractivity contribution in [3.05, 3.63) is 23.0 Å². The van der Waals surface area contributed by atoms with Crippen LogP contribution in [0.1, 0.15) is 55.4 Å². The fraction of sp³-hybridized carbons (Fsp3) is 0.611. The van der Waals surface area contributed by atoms with Crippen LogP contribution in [0.25, 0.3) is 0 Å². The third-order valence-corrected chi connectivity index (χ3v) is 4.94. The van der Waals surface area contributed by atoms with Crippen LogP contribution in [0.5, 0.6) is 0 Å². The highest BCUT2D eigenvalue weighted by molar-refractivity contribution is 6.11. The zero-order valence-corrected chi connectivity index (χ0v) is 15.4. The van der Waals surface area contributed by atoms with Crippen LogP contribution in [-0.4, -0.2) is 39.3 Å². The van der Waals surface area contributed by atoms with E-state index in [1.807, 2.05) is 25.5 Å². The molecule has 0 aliphatic carbocycles. The second-order valence-corrected chi connectivity index (χ2v) is 7.35. The van der Waals surface area contributed by atoms with Gasteiger partial charge in [-0.1, -0.05) is 13.8 Å². The molecule has 0 spiro atoms. The number of imide groups is 1. The number of ketones is 1. The van der Waals surface area contributed by atoms with Crippen molar-refractivity contribution in [1.82, 2.24) is 14.8 Å². The maximum atomic E-state index is 12.7. The van der Waals surface area contributed by atoms with E-state index in [-0.39, 0.29) is 18.2 Å². The molecule has 6 heteroatoms. The molecule has 1 fully saturated rings. The quantitative estimate of drug-likeness (QED) is 0.642. The van der Waals surface area contributed by atoms with Gasteiger partial charge in [0.1, 0.15) is 5.54 Å². The molecule has 2 heterocycles. The van der Waals surface area contributed by atoms with Crippen LogP contribution in [0.4, 0.5) is 4.79 Å². The lowest BCUT2D eigenvalue weighted by atomic mass is 9.92. The smallest absolute Gasteiger partial charge is 0.325 e. The van der Waals surface area contributed by atoms with Gasteiger partial charge in [-0.05, 0) is 45.6 Å². The van der Waals surface area contributed by atoms with E-state index >= 15 is 0 Å². The van der Waals surface area contributed by atoms with Gasteiger partial charge in [0.25, 0.3) is 5.91 Å². The van der Waals surface area contributed by atoms with Crippen molar-refractivity contribution in [2.75, 3.05) is 6.54 Å². The topological polar surface area (TPSA) is 71.4 Å². The highest BCUT2D eigenvalue weighted by Crippen LogP contribution is 2.25. The van der Waals surface area contributed by atoms with Crippen LogP contribution in [-0.2, 0) is 11.8 Å². The first-order chi connectivity index (χ1) is 11.1. The highest BCUT2D eigenvalue weighted by atomic mass is 16.2. The van der Waals surface area contributed by atoms with Gasteiger partial charge in [0.2, 0.25) is 0 Å². The monoisotopic (exact) mass is 333 g/mol. The molecule has 0 saturated carbocycles. The minimum absolute atomic E-state index is 0.215. The van der Waals surface area contributed by atoms with Crippen molar-refractivity contribution in [3.63, 3.8) is 0 Å². The maximum absolute atomic E-state index is 12.7. The summed E-state index contributed by atoms with van der Waals surface area (Å²) >= 11 is 0. The zero-order chi connectivity index (χ0) is 18.2. The van der Waals surface area contributed by atoms with Gasteiger partial charge in [-0.25, -0.2) is 4.79 Å². The van der Waals surface area contributed by atoms with E-state index in [9.17, 15) is 14.4 Å². The second-order valence-electron chi connectivity index (χ2n) is 7.35. The Morgan fingerprint density at radius 3 is 2.42 bits per heavy atom. The number of hydrogen-bond donors (Lipinski definition) is 1. The van der Waals surface area contributed by atoms with E-state index in [0.29, 0.717) is 17.9 Å². The third-order valence-electron chi connectivity index (χ3n) is 4.94. The van der Waals surface area contributed by atoms with Gasteiger partial charge in [-0.3, -0.25) is 14.5 Å². The van der Waals surface area contributed by atoms with Crippen LogP contribution >= 0.6 is 0 Å². The first-order valence-corrected chi connectivity index (χ1v) is 8.37. The molecule has 0 bridgehead atoms. The van der Waals surface area contributed by atoms with Gasteiger partial charge >= 0.3 is 6.03 Å². The number of nitrogens with one attached hydrogen (secondary N) is 1. The summed E-state index contributed by atoms with van der Waals surface area (Å²) in [6, 6.07) is 1.32. The number of carbonyl (C=O) groups is 3. The second kappa shape index (κ2) is 6.42. The van der Waals surface area contributed by atoms with E-state index < -0.39 is 11.6 Å². The van der Waals surface area contributed by atoms with Crippen LogP contribution < -0.4 is 5.32 Å². The molecule has 1 aliphatic heterocycles. The number of hydrogen-bond acceptors (Lipinski definition) is 3. The summed E-state index contributed by atoms with van der Waals surface area (Å²) in [4.78, 5) is 38.5. The molecule has 24 heavy (non-hydrogen) atoms. The Hall–Kier alpha value is -2.11. The summed E-state index contributed by atoms with van der Waals surface area (Å²) in [5, 5.41) is 2.75. The fourth-order valence-electron chi connectivity index (χ4n) is 3.00. The van der Waals surface area contributed by atoms with Gasteiger partial charge in [0.15, 0.2) is 5.78 Å². The lowest BCUT2D eigenvalue weighted by Gasteiger charge is -2.22. The lowest BCUT2D eigenvalue weighted by molar-refractivity contribution is -0.130. The van der Waals surface area contributed by atoms with Gasteiger partial charge in [-0.2, -0.15) is 0 Å². The van der Waals surface area contributed by atoms with Gasteiger partial charge in [-0.15, -0.1) is 0 Å². The number of urea groups is 1. The highest BCUT2D eigenvalue weighted by Gasteiger charge is 2.47. The Kier molecular flexibility index (Phi) is 4.87. The van der Waals surface area contributed by atoms with Crippen molar-refractivity contribution in [2.45, 2.75) is 53.0 Å². The van der Waals surface area contributed by atoms with Crippen molar-refractivity contribution in [2.24, 2.45) is 13.0 Å². The molecule has 1 aromatic heterocycles. The molecule has 1 aromatic rings. The SMILES string of the molecule is Cc1cc(C(=O)CN2C(=O)N[C@](C)(CCC(C)C)C2=O)c(C)n1C. The molecular weight excluding hydrogens is 306 g/mol. The van der Waals surface area contributed by atoms with E-state index in [4.69, 9.17) is 0 Å². The predicted octanol–water partition coefficient (Wildman–Crippen LogP) is 2.57. The summed E-state index contributed by atoms with van der Waals surface area (Å²) in [5.74, 6) is -0.0863. The number of nitrogens with zero attached hydrogens (tertiary/aromatic N) is 2. The summed E-state index contributed by atoms with van der Waals surface area (Å²) in [6.45, 7) is 9.45. The Labute approximate surface area is 143 Å². The Bertz CT molecular complexity index is 690. The molecule has 0 radical (unpaired) electrons. The largest absolute Gasteiger partial charge is 0.351 e. The molecule has 1 N–H and O–H groups in total. The number of rotatable bonds is 6. The fourth-order valence-corrected chi connectivity index (χ4v) is 3.00. The standard InChI is InChI=1S/C18H27N3O3/c1-11(2)7-8-18(5)16(23)21(17(24)19-18)10-15(22)14-9-12(3)20(6)13(14)4/h9,11H,7-8,10H2,1-6H3,(H,19,24)/t18-/m1/s1. The summed E-state index contributed by atoms with van der Waals surface area (Å²) in [6.07, 6.45) is 1.41. The maximum Gasteiger partial charge on any atom is 0.325 e. The van der Waals surface area contributed by atoms with E-state index in [0.717, 1.165) is 22.7 Å². The molecular formula is C18H27N3O3. The first kappa shape index (κ1) is 18.2. The molecule has 132 valence electrons. The first-order valence-electron chi connectivity index (χ1n) is 8.37. The number of carbonyl (C=O) groups excluding carboxylic acids is 3. The average Bonchev–Trinajstić information content (AvgIpc) is 2.88.